The van der Waals surface area contributed by atoms with Crippen LogP contribution >= 0.6 is 0 Å². The number of amides is 1. The van der Waals surface area contributed by atoms with E-state index in [0.717, 1.165) is 11.2 Å². The number of ether oxygens (including phenoxy) is 1. The minimum absolute atomic E-state index is 0.143. The van der Waals surface area contributed by atoms with Gasteiger partial charge in [0.1, 0.15) is 11.3 Å². The molecule has 0 aromatic carbocycles. The summed E-state index contributed by atoms with van der Waals surface area (Å²) in [5.74, 6) is -0.143. The number of amidine groups is 1. The van der Waals surface area contributed by atoms with E-state index in [1.54, 1.807) is 12.3 Å². The van der Waals surface area contributed by atoms with Crippen molar-refractivity contribution in [3.63, 3.8) is 0 Å². The van der Waals surface area contributed by atoms with E-state index in [0.29, 0.717) is 18.3 Å². The van der Waals surface area contributed by atoms with E-state index in [4.69, 9.17) is 4.74 Å². The highest BCUT2D eigenvalue weighted by Gasteiger charge is 2.29. The zero-order valence-electron chi connectivity index (χ0n) is 11.3. The molecule has 6 heteroatoms. The van der Waals surface area contributed by atoms with Crippen molar-refractivity contribution in [2.75, 3.05) is 13.7 Å². The molecule has 0 aliphatic carbocycles. The molecule has 0 fully saturated rings. The van der Waals surface area contributed by atoms with Gasteiger partial charge in [0.25, 0.3) is 11.9 Å². The van der Waals surface area contributed by atoms with Crippen LogP contribution in [0.5, 0.6) is 0 Å². The maximum atomic E-state index is 12.2. The van der Waals surface area contributed by atoms with E-state index < -0.39 is 0 Å². The molecule has 2 aromatic heterocycles. The van der Waals surface area contributed by atoms with Gasteiger partial charge in [0.15, 0.2) is 0 Å². The minimum Gasteiger partial charge on any atom is -0.468 e. The first-order valence-corrected chi connectivity index (χ1v) is 6.32. The summed E-state index contributed by atoms with van der Waals surface area (Å²) in [7, 11) is 1.51. The zero-order valence-corrected chi connectivity index (χ0v) is 11.3. The summed E-state index contributed by atoms with van der Waals surface area (Å²) < 4.78 is 7.00. The number of likely N-dealkylation sites (N-methyl/N-ethyl adjacent to an activating group) is 1. The first-order valence-electron chi connectivity index (χ1n) is 6.32. The Kier molecular flexibility index (Phi) is 2.98. The van der Waals surface area contributed by atoms with E-state index in [2.05, 4.69) is 9.98 Å². The third kappa shape index (κ3) is 1.95. The maximum absolute atomic E-state index is 12.2. The molecule has 0 saturated heterocycles. The van der Waals surface area contributed by atoms with Crippen LogP contribution in [0, 0.1) is 0 Å². The quantitative estimate of drug-likeness (QED) is 0.778. The van der Waals surface area contributed by atoms with Gasteiger partial charge in [0, 0.05) is 25.1 Å². The maximum Gasteiger partial charge on any atom is 0.299 e. The van der Waals surface area contributed by atoms with Crippen LogP contribution < -0.4 is 0 Å². The van der Waals surface area contributed by atoms with Gasteiger partial charge >= 0.3 is 0 Å². The summed E-state index contributed by atoms with van der Waals surface area (Å²) in [6, 6.07) is 4.14. The van der Waals surface area contributed by atoms with Crippen LogP contribution in [0.3, 0.4) is 0 Å². The Morgan fingerprint density at radius 3 is 2.95 bits per heavy atom. The Balaban J connectivity index is 1.99. The number of nitrogens with zero attached hydrogens (tertiary/aromatic N) is 4. The van der Waals surface area contributed by atoms with Gasteiger partial charge in [-0.05, 0) is 30.7 Å². The SMILES string of the molecule is CCN1C(=O)/C(=C\c2ccc3nccn3c2)N=C1OC. The molecule has 1 aliphatic heterocycles. The summed E-state index contributed by atoms with van der Waals surface area (Å²) in [4.78, 5) is 22.1. The fourth-order valence-electron chi connectivity index (χ4n) is 2.15. The lowest BCUT2D eigenvalue weighted by atomic mass is 10.2. The van der Waals surface area contributed by atoms with Crippen molar-refractivity contribution in [3.05, 3.63) is 42.0 Å². The number of carbonyl (C=O) groups excluding carboxylic acids is 1. The van der Waals surface area contributed by atoms with E-state index in [9.17, 15) is 4.79 Å². The number of aliphatic imine (C=N–C) groups is 1. The van der Waals surface area contributed by atoms with Gasteiger partial charge < -0.3 is 9.14 Å². The second-order valence-electron chi connectivity index (χ2n) is 4.33. The Hall–Kier alpha value is -2.63. The van der Waals surface area contributed by atoms with Gasteiger partial charge in [-0.15, -0.1) is 0 Å². The molecule has 1 amide bonds. The molecule has 0 bridgehead atoms. The second-order valence-corrected chi connectivity index (χ2v) is 4.33. The third-order valence-corrected chi connectivity index (χ3v) is 3.13. The highest BCUT2D eigenvalue weighted by Crippen LogP contribution is 2.18. The van der Waals surface area contributed by atoms with Crippen LogP contribution in [0.15, 0.2) is 41.4 Å². The first-order chi connectivity index (χ1) is 9.72. The highest BCUT2D eigenvalue weighted by atomic mass is 16.5. The fraction of sp³-hybridized carbons (Fsp3) is 0.214. The number of pyridine rings is 1. The van der Waals surface area contributed by atoms with Gasteiger partial charge in [-0.25, -0.2) is 4.98 Å². The molecule has 0 saturated carbocycles. The zero-order chi connectivity index (χ0) is 14.1. The van der Waals surface area contributed by atoms with Crippen LogP contribution in [0.1, 0.15) is 12.5 Å². The first kappa shape index (κ1) is 12.4. The number of imidazole rings is 1. The average Bonchev–Trinajstić information content (AvgIpc) is 3.03. The van der Waals surface area contributed by atoms with Crippen molar-refractivity contribution in [3.8, 4) is 0 Å². The number of aromatic nitrogens is 2. The lowest BCUT2D eigenvalue weighted by molar-refractivity contribution is -0.123. The van der Waals surface area contributed by atoms with Crippen molar-refractivity contribution in [1.82, 2.24) is 14.3 Å². The largest absolute Gasteiger partial charge is 0.468 e. The number of carbonyl (C=O) groups is 1. The molecular weight excluding hydrogens is 256 g/mol. The van der Waals surface area contributed by atoms with Crippen molar-refractivity contribution in [2.45, 2.75) is 6.92 Å². The number of rotatable bonds is 2. The Labute approximate surface area is 116 Å². The molecule has 1 aliphatic rings. The molecule has 3 heterocycles. The Morgan fingerprint density at radius 2 is 2.25 bits per heavy atom. The van der Waals surface area contributed by atoms with Gasteiger partial charge in [-0.1, -0.05) is 0 Å². The summed E-state index contributed by atoms with van der Waals surface area (Å²) >= 11 is 0. The van der Waals surface area contributed by atoms with Crippen molar-refractivity contribution >= 4 is 23.7 Å². The van der Waals surface area contributed by atoms with Gasteiger partial charge in [-0.3, -0.25) is 9.69 Å². The Bertz CT molecular complexity index is 730. The monoisotopic (exact) mass is 270 g/mol. The molecule has 0 spiro atoms. The summed E-state index contributed by atoms with van der Waals surface area (Å²) in [5, 5.41) is 0. The third-order valence-electron chi connectivity index (χ3n) is 3.13. The smallest absolute Gasteiger partial charge is 0.299 e. The minimum atomic E-state index is -0.143. The molecule has 6 nitrogen and oxygen atoms in total. The van der Waals surface area contributed by atoms with Crippen LogP contribution in [0.4, 0.5) is 0 Å². The molecule has 20 heavy (non-hydrogen) atoms. The van der Waals surface area contributed by atoms with E-state index >= 15 is 0 Å². The van der Waals surface area contributed by atoms with Crippen LogP contribution in [-0.4, -0.2) is 39.9 Å². The number of fused-ring (bicyclic) bond motifs is 1. The number of hydrogen-bond donors (Lipinski definition) is 0. The molecule has 3 rings (SSSR count). The van der Waals surface area contributed by atoms with E-state index in [-0.39, 0.29) is 5.91 Å². The van der Waals surface area contributed by atoms with E-state index in [1.165, 1.54) is 12.0 Å². The summed E-state index contributed by atoms with van der Waals surface area (Å²) in [5.41, 5.74) is 2.13. The van der Waals surface area contributed by atoms with Crippen molar-refractivity contribution in [1.29, 1.82) is 0 Å². The summed E-state index contributed by atoms with van der Waals surface area (Å²) in [6.45, 7) is 2.41. The lowest BCUT2D eigenvalue weighted by Crippen LogP contribution is -2.32. The predicted molar refractivity (Wildman–Crippen MR) is 75.0 cm³/mol. The molecule has 0 radical (unpaired) electrons. The fourth-order valence-corrected chi connectivity index (χ4v) is 2.15. The normalized spacial score (nSPS) is 17.1. The predicted octanol–water partition coefficient (Wildman–Crippen LogP) is 1.54. The lowest BCUT2D eigenvalue weighted by Gasteiger charge is -2.12. The van der Waals surface area contributed by atoms with Crippen LogP contribution in [0.2, 0.25) is 0 Å². The van der Waals surface area contributed by atoms with Gasteiger partial charge in [-0.2, -0.15) is 4.99 Å². The molecule has 2 aromatic rings. The molecule has 0 unspecified atom stereocenters. The second kappa shape index (κ2) is 4.80. The number of hydrogen-bond acceptors (Lipinski definition) is 4. The molecule has 0 N–H and O–H groups in total. The van der Waals surface area contributed by atoms with Crippen molar-refractivity contribution in [2.24, 2.45) is 4.99 Å². The van der Waals surface area contributed by atoms with E-state index in [1.807, 2.05) is 35.9 Å². The highest BCUT2D eigenvalue weighted by molar-refractivity contribution is 6.12. The molecule has 102 valence electrons. The van der Waals surface area contributed by atoms with Crippen LogP contribution in [0.25, 0.3) is 11.7 Å². The standard InChI is InChI=1S/C14H14N4O2/c1-3-18-13(19)11(16-14(18)20-2)8-10-4-5-12-15-6-7-17(12)9-10/h4-9H,3H2,1-2H3/b11-8+. The Morgan fingerprint density at radius 1 is 1.40 bits per heavy atom. The van der Waals surface area contributed by atoms with Crippen LogP contribution in [-0.2, 0) is 9.53 Å². The van der Waals surface area contributed by atoms with Gasteiger partial charge in [0.05, 0.1) is 7.11 Å². The molecule has 0 atom stereocenters. The summed E-state index contributed by atoms with van der Waals surface area (Å²) in [6.07, 6.45) is 7.23. The molecular formula is C14H14N4O2. The van der Waals surface area contributed by atoms with Gasteiger partial charge in [0.2, 0.25) is 0 Å². The topological polar surface area (TPSA) is 59.2 Å². The number of methoxy groups -OCH3 is 1. The average molecular weight is 270 g/mol. The van der Waals surface area contributed by atoms with Crippen molar-refractivity contribution < 1.29 is 9.53 Å².